The van der Waals surface area contributed by atoms with E-state index in [1.807, 2.05) is 69.3 Å². The van der Waals surface area contributed by atoms with Crippen LogP contribution in [0.25, 0.3) is 16.8 Å². The van der Waals surface area contributed by atoms with Gasteiger partial charge in [-0.25, -0.2) is 4.79 Å². The second-order valence-electron chi connectivity index (χ2n) is 7.48. The Kier molecular flexibility index (Phi) is 6.21. The standard InChI is InChI=1S/C24H24N6O2/c1-4-23-27-28-29-30(23)21-13-20(19-7-5-16(2)6-8-19)14-22(15-21)32-24(31)26-17(3)18-9-11-25-12-10-18/h5-15,17H,4H2,1-3H3,(H,26,31). The highest BCUT2D eigenvalue weighted by Crippen LogP contribution is 2.29. The van der Waals surface area contributed by atoms with E-state index in [4.69, 9.17) is 4.74 Å². The fourth-order valence-electron chi connectivity index (χ4n) is 3.35. The molecule has 2 aromatic heterocycles. The third-order valence-corrected chi connectivity index (χ3v) is 5.12. The van der Waals surface area contributed by atoms with Crippen LogP contribution >= 0.6 is 0 Å². The predicted molar refractivity (Wildman–Crippen MR) is 121 cm³/mol. The number of tetrazole rings is 1. The Hall–Kier alpha value is -4.07. The van der Waals surface area contributed by atoms with Crippen LogP contribution in [0.4, 0.5) is 4.79 Å². The van der Waals surface area contributed by atoms with Crippen LogP contribution in [0.1, 0.15) is 36.8 Å². The molecule has 4 aromatic rings. The van der Waals surface area contributed by atoms with Crippen molar-refractivity contribution in [3.05, 3.63) is 83.9 Å². The summed E-state index contributed by atoms with van der Waals surface area (Å²) in [4.78, 5) is 16.6. The smallest absolute Gasteiger partial charge is 0.410 e. The molecule has 4 rings (SSSR count). The molecule has 8 nitrogen and oxygen atoms in total. The van der Waals surface area contributed by atoms with E-state index in [1.54, 1.807) is 23.1 Å². The number of pyridine rings is 1. The maximum absolute atomic E-state index is 12.6. The maximum Gasteiger partial charge on any atom is 0.413 e. The Balaban J connectivity index is 1.64. The highest BCUT2D eigenvalue weighted by atomic mass is 16.6. The van der Waals surface area contributed by atoms with Gasteiger partial charge in [0.15, 0.2) is 5.82 Å². The Morgan fingerprint density at radius 1 is 1.06 bits per heavy atom. The summed E-state index contributed by atoms with van der Waals surface area (Å²) in [5, 5.41) is 14.8. The molecule has 0 bridgehead atoms. The van der Waals surface area contributed by atoms with Crippen molar-refractivity contribution in [3.8, 4) is 22.6 Å². The van der Waals surface area contributed by atoms with Gasteiger partial charge in [0.25, 0.3) is 0 Å². The van der Waals surface area contributed by atoms with Crippen molar-refractivity contribution in [2.75, 3.05) is 0 Å². The molecule has 0 saturated carbocycles. The number of carbonyl (C=O) groups excluding carboxylic acids is 1. The topological polar surface area (TPSA) is 94.8 Å². The molecule has 0 aliphatic heterocycles. The number of hydrogen-bond acceptors (Lipinski definition) is 6. The molecule has 0 spiro atoms. The summed E-state index contributed by atoms with van der Waals surface area (Å²) >= 11 is 0. The van der Waals surface area contributed by atoms with Crippen LogP contribution in [0.2, 0.25) is 0 Å². The summed E-state index contributed by atoms with van der Waals surface area (Å²) in [6, 6.07) is 17.2. The fraction of sp³-hybridized carbons (Fsp3) is 0.208. The molecule has 0 aliphatic rings. The van der Waals surface area contributed by atoms with Gasteiger partial charge in [0, 0.05) is 24.9 Å². The minimum atomic E-state index is -0.547. The van der Waals surface area contributed by atoms with Gasteiger partial charge in [-0.05, 0) is 65.2 Å². The number of benzene rings is 2. The molecule has 8 heteroatoms. The van der Waals surface area contributed by atoms with Gasteiger partial charge in [-0.15, -0.1) is 5.10 Å². The second kappa shape index (κ2) is 9.38. The lowest BCUT2D eigenvalue weighted by Gasteiger charge is -2.15. The molecule has 1 N–H and O–H groups in total. The largest absolute Gasteiger partial charge is 0.413 e. The average Bonchev–Trinajstić information content (AvgIpc) is 3.29. The highest BCUT2D eigenvalue weighted by Gasteiger charge is 2.15. The van der Waals surface area contributed by atoms with E-state index in [2.05, 4.69) is 25.8 Å². The van der Waals surface area contributed by atoms with E-state index in [-0.39, 0.29) is 6.04 Å². The van der Waals surface area contributed by atoms with Gasteiger partial charge < -0.3 is 10.1 Å². The number of ether oxygens (including phenoxy) is 1. The Labute approximate surface area is 186 Å². The minimum Gasteiger partial charge on any atom is -0.410 e. The molecular weight excluding hydrogens is 404 g/mol. The normalized spacial score (nSPS) is 11.7. The molecule has 2 aromatic carbocycles. The van der Waals surface area contributed by atoms with Gasteiger partial charge >= 0.3 is 6.09 Å². The summed E-state index contributed by atoms with van der Waals surface area (Å²) in [6.07, 6.45) is 3.50. The van der Waals surface area contributed by atoms with Crippen molar-refractivity contribution < 1.29 is 9.53 Å². The summed E-state index contributed by atoms with van der Waals surface area (Å²) in [5.41, 5.74) is 4.71. The van der Waals surface area contributed by atoms with Gasteiger partial charge in [-0.3, -0.25) is 4.98 Å². The van der Waals surface area contributed by atoms with Gasteiger partial charge in [0.05, 0.1) is 11.7 Å². The summed E-state index contributed by atoms with van der Waals surface area (Å²) in [5.74, 6) is 1.11. The highest BCUT2D eigenvalue weighted by molar-refractivity contribution is 5.74. The van der Waals surface area contributed by atoms with Crippen LogP contribution in [0.15, 0.2) is 67.0 Å². The first-order valence-corrected chi connectivity index (χ1v) is 10.4. The molecule has 0 fully saturated rings. The maximum atomic E-state index is 12.6. The van der Waals surface area contributed by atoms with Crippen molar-refractivity contribution >= 4 is 6.09 Å². The number of carbonyl (C=O) groups is 1. The first kappa shape index (κ1) is 21.2. The lowest BCUT2D eigenvalue weighted by Crippen LogP contribution is -2.29. The Morgan fingerprint density at radius 2 is 1.81 bits per heavy atom. The summed E-state index contributed by atoms with van der Waals surface area (Å²) in [7, 11) is 0. The lowest BCUT2D eigenvalue weighted by atomic mass is 10.0. The van der Waals surface area contributed by atoms with E-state index in [9.17, 15) is 4.79 Å². The second-order valence-corrected chi connectivity index (χ2v) is 7.48. The first-order chi connectivity index (χ1) is 15.5. The van der Waals surface area contributed by atoms with Gasteiger partial charge in [0.1, 0.15) is 5.75 Å². The molecule has 0 radical (unpaired) electrons. The molecule has 1 atom stereocenters. The van der Waals surface area contributed by atoms with Crippen molar-refractivity contribution in [2.24, 2.45) is 0 Å². The van der Waals surface area contributed by atoms with Crippen LogP contribution in [0, 0.1) is 6.92 Å². The Bertz CT molecular complexity index is 1200. The SMILES string of the molecule is CCc1nnnn1-c1cc(OC(=O)NC(C)c2ccncc2)cc(-c2ccc(C)cc2)c1. The number of nitrogens with zero attached hydrogens (tertiary/aromatic N) is 5. The third-order valence-electron chi connectivity index (χ3n) is 5.12. The number of hydrogen-bond donors (Lipinski definition) is 1. The van der Waals surface area contributed by atoms with Crippen molar-refractivity contribution in [1.29, 1.82) is 0 Å². The number of nitrogens with one attached hydrogen (secondary N) is 1. The predicted octanol–water partition coefficient (Wildman–Crippen LogP) is 4.44. The molecule has 162 valence electrons. The molecular formula is C24H24N6O2. The Morgan fingerprint density at radius 3 is 2.53 bits per heavy atom. The van der Waals surface area contributed by atoms with Gasteiger partial charge in [-0.2, -0.15) is 4.68 Å². The monoisotopic (exact) mass is 428 g/mol. The molecule has 2 heterocycles. The van der Waals surface area contributed by atoms with Crippen LogP contribution in [-0.2, 0) is 6.42 Å². The minimum absolute atomic E-state index is 0.225. The number of aromatic nitrogens is 5. The summed E-state index contributed by atoms with van der Waals surface area (Å²) < 4.78 is 7.31. The summed E-state index contributed by atoms with van der Waals surface area (Å²) in [6.45, 7) is 5.91. The molecule has 1 unspecified atom stereocenters. The third kappa shape index (κ3) is 4.80. The lowest BCUT2D eigenvalue weighted by molar-refractivity contribution is 0.197. The van der Waals surface area contributed by atoms with Crippen LogP contribution in [0.5, 0.6) is 5.75 Å². The van der Waals surface area contributed by atoms with Crippen molar-refractivity contribution in [2.45, 2.75) is 33.2 Å². The number of rotatable bonds is 6. The molecule has 0 saturated heterocycles. The fourth-order valence-corrected chi connectivity index (χ4v) is 3.35. The van der Waals surface area contributed by atoms with Crippen LogP contribution in [0.3, 0.4) is 0 Å². The zero-order valence-electron chi connectivity index (χ0n) is 18.2. The average molecular weight is 428 g/mol. The van der Waals surface area contributed by atoms with E-state index in [0.717, 1.165) is 22.4 Å². The van der Waals surface area contributed by atoms with Crippen LogP contribution < -0.4 is 10.1 Å². The van der Waals surface area contributed by atoms with E-state index >= 15 is 0 Å². The quantitative estimate of drug-likeness (QED) is 0.488. The van der Waals surface area contributed by atoms with E-state index in [1.165, 1.54) is 5.56 Å². The van der Waals surface area contributed by atoms with Gasteiger partial charge in [-0.1, -0.05) is 36.8 Å². The zero-order chi connectivity index (χ0) is 22.5. The van der Waals surface area contributed by atoms with Gasteiger partial charge in [0.2, 0.25) is 0 Å². The number of amides is 1. The molecule has 32 heavy (non-hydrogen) atoms. The molecule has 1 amide bonds. The van der Waals surface area contributed by atoms with E-state index in [0.29, 0.717) is 18.0 Å². The number of aryl methyl sites for hydroxylation is 2. The van der Waals surface area contributed by atoms with E-state index < -0.39 is 6.09 Å². The molecule has 0 aliphatic carbocycles. The first-order valence-electron chi connectivity index (χ1n) is 10.4. The van der Waals surface area contributed by atoms with Crippen LogP contribution in [-0.4, -0.2) is 31.3 Å². The van der Waals surface area contributed by atoms with Crippen molar-refractivity contribution in [3.63, 3.8) is 0 Å². The van der Waals surface area contributed by atoms with Crippen molar-refractivity contribution in [1.82, 2.24) is 30.5 Å². The zero-order valence-corrected chi connectivity index (χ0v) is 18.2.